The number of fused-ring (bicyclic) bond motifs is 1. The number of hydrogen-bond donors (Lipinski definition) is 2. The molecule has 8 heteroatoms. The molecular weight excluding hydrogens is 412 g/mol. The van der Waals surface area contributed by atoms with Gasteiger partial charge in [-0.1, -0.05) is 23.7 Å². The maximum Gasteiger partial charge on any atom is 0.251 e. The molecule has 2 aromatic heterocycles. The van der Waals surface area contributed by atoms with E-state index in [1.54, 1.807) is 24.5 Å². The molecule has 0 saturated carbocycles. The number of benzene rings is 2. The largest absolute Gasteiger partial charge is 0.372 e. The van der Waals surface area contributed by atoms with Gasteiger partial charge in [0.15, 0.2) is 0 Å². The maximum atomic E-state index is 14.9. The SMILES string of the molecule is COC(c1c(F)ccc(C(N)=O)c1F)c1c[nH]c2ncc(-c3ccc(Cl)cc3)cc12. The molecule has 2 heterocycles. The Morgan fingerprint density at radius 1 is 1.17 bits per heavy atom. The molecule has 0 aliphatic carbocycles. The lowest BCUT2D eigenvalue weighted by molar-refractivity contribution is 0.0993. The van der Waals surface area contributed by atoms with Crippen molar-refractivity contribution in [2.24, 2.45) is 5.73 Å². The summed E-state index contributed by atoms with van der Waals surface area (Å²) in [6.07, 6.45) is 2.14. The number of aromatic nitrogens is 2. The number of halogens is 3. The normalized spacial score (nSPS) is 12.3. The highest BCUT2D eigenvalue weighted by Gasteiger charge is 2.27. The van der Waals surface area contributed by atoms with Gasteiger partial charge in [0.25, 0.3) is 5.91 Å². The van der Waals surface area contributed by atoms with Gasteiger partial charge in [-0.15, -0.1) is 0 Å². The number of amides is 1. The smallest absolute Gasteiger partial charge is 0.251 e. The first kappa shape index (κ1) is 20.0. The molecule has 5 nitrogen and oxygen atoms in total. The quantitative estimate of drug-likeness (QED) is 0.470. The Labute approximate surface area is 175 Å². The third kappa shape index (κ3) is 3.42. The van der Waals surface area contributed by atoms with Gasteiger partial charge in [0.1, 0.15) is 23.4 Å². The lowest BCUT2D eigenvalue weighted by Gasteiger charge is -2.18. The molecule has 0 aliphatic heterocycles. The van der Waals surface area contributed by atoms with Crippen molar-refractivity contribution >= 4 is 28.5 Å². The summed E-state index contributed by atoms with van der Waals surface area (Å²) in [7, 11) is 1.33. The van der Waals surface area contributed by atoms with Crippen molar-refractivity contribution in [1.82, 2.24) is 9.97 Å². The summed E-state index contributed by atoms with van der Waals surface area (Å²) in [6.45, 7) is 0. The van der Waals surface area contributed by atoms with Crippen molar-refractivity contribution in [3.05, 3.63) is 88.2 Å². The number of hydrogen-bond acceptors (Lipinski definition) is 3. The van der Waals surface area contributed by atoms with Crippen molar-refractivity contribution in [2.75, 3.05) is 7.11 Å². The van der Waals surface area contributed by atoms with Gasteiger partial charge < -0.3 is 15.5 Å². The Morgan fingerprint density at radius 3 is 2.57 bits per heavy atom. The molecule has 0 aliphatic rings. The number of nitrogens with one attached hydrogen (secondary N) is 1. The lowest BCUT2D eigenvalue weighted by atomic mass is 9.97. The highest BCUT2D eigenvalue weighted by molar-refractivity contribution is 6.30. The molecule has 1 atom stereocenters. The van der Waals surface area contributed by atoms with Crippen LogP contribution in [0.2, 0.25) is 5.02 Å². The summed E-state index contributed by atoms with van der Waals surface area (Å²) in [5.41, 5.74) is 7.07. The average Bonchev–Trinajstić information content (AvgIpc) is 3.14. The third-order valence-corrected chi connectivity index (χ3v) is 5.17. The first-order valence-corrected chi connectivity index (χ1v) is 9.32. The first-order chi connectivity index (χ1) is 14.4. The second kappa shape index (κ2) is 7.85. The van der Waals surface area contributed by atoms with Crippen LogP contribution in [0.3, 0.4) is 0 Å². The number of nitrogens with zero attached hydrogens (tertiary/aromatic N) is 1. The van der Waals surface area contributed by atoms with E-state index in [-0.39, 0.29) is 0 Å². The molecule has 1 unspecified atom stereocenters. The van der Waals surface area contributed by atoms with Gasteiger partial charge in [-0.25, -0.2) is 13.8 Å². The molecule has 0 radical (unpaired) electrons. The molecule has 152 valence electrons. The van der Waals surface area contributed by atoms with Gasteiger partial charge in [0, 0.05) is 41.0 Å². The Morgan fingerprint density at radius 2 is 1.90 bits per heavy atom. The summed E-state index contributed by atoms with van der Waals surface area (Å²) in [5.74, 6) is -2.89. The fourth-order valence-electron chi connectivity index (χ4n) is 3.44. The Kier molecular flexibility index (Phi) is 5.24. The molecule has 0 spiro atoms. The van der Waals surface area contributed by atoms with Crippen LogP contribution in [0.4, 0.5) is 8.78 Å². The van der Waals surface area contributed by atoms with E-state index in [1.165, 1.54) is 7.11 Å². The molecular formula is C22H16ClF2N3O2. The van der Waals surface area contributed by atoms with Gasteiger partial charge in [-0.2, -0.15) is 0 Å². The monoisotopic (exact) mass is 427 g/mol. The van der Waals surface area contributed by atoms with Crippen LogP contribution in [0.1, 0.15) is 27.6 Å². The van der Waals surface area contributed by atoms with Crippen LogP contribution in [-0.2, 0) is 4.74 Å². The maximum absolute atomic E-state index is 14.9. The van der Waals surface area contributed by atoms with Gasteiger partial charge in [0.05, 0.1) is 11.1 Å². The average molecular weight is 428 g/mol. The van der Waals surface area contributed by atoms with Crippen LogP contribution in [0.15, 0.2) is 54.9 Å². The summed E-state index contributed by atoms with van der Waals surface area (Å²) >= 11 is 5.95. The predicted molar refractivity (Wildman–Crippen MR) is 110 cm³/mol. The number of primary amides is 1. The lowest BCUT2D eigenvalue weighted by Crippen LogP contribution is -2.17. The summed E-state index contributed by atoms with van der Waals surface area (Å²) in [4.78, 5) is 18.9. The topological polar surface area (TPSA) is 81.0 Å². The second-order valence-corrected chi connectivity index (χ2v) is 7.11. The molecule has 0 saturated heterocycles. The summed E-state index contributed by atoms with van der Waals surface area (Å²) in [6, 6.07) is 11.1. The zero-order valence-electron chi connectivity index (χ0n) is 15.7. The Hall–Kier alpha value is -3.29. The fraction of sp³-hybridized carbons (Fsp3) is 0.0909. The predicted octanol–water partition coefficient (Wildman–Crippen LogP) is 5.00. The zero-order valence-corrected chi connectivity index (χ0v) is 16.5. The molecule has 2 aromatic carbocycles. The number of ether oxygens (including phenoxy) is 1. The van der Waals surface area contributed by atoms with Crippen LogP contribution >= 0.6 is 11.6 Å². The van der Waals surface area contributed by atoms with Crippen LogP contribution in [0.5, 0.6) is 0 Å². The minimum Gasteiger partial charge on any atom is -0.372 e. The van der Waals surface area contributed by atoms with E-state index in [0.29, 0.717) is 21.6 Å². The van der Waals surface area contributed by atoms with E-state index in [4.69, 9.17) is 22.1 Å². The van der Waals surface area contributed by atoms with E-state index in [9.17, 15) is 13.6 Å². The van der Waals surface area contributed by atoms with E-state index in [1.807, 2.05) is 18.2 Å². The van der Waals surface area contributed by atoms with E-state index in [0.717, 1.165) is 23.3 Å². The van der Waals surface area contributed by atoms with Crippen LogP contribution in [0.25, 0.3) is 22.2 Å². The van der Waals surface area contributed by atoms with E-state index >= 15 is 0 Å². The Balaban J connectivity index is 1.88. The highest BCUT2D eigenvalue weighted by Crippen LogP contribution is 2.36. The number of pyridine rings is 1. The molecule has 30 heavy (non-hydrogen) atoms. The summed E-state index contributed by atoms with van der Waals surface area (Å²) in [5, 5.41) is 1.23. The highest BCUT2D eigenvalue weighted by atomic mass is 35.5. The number of carbonyl (C=O) groups excluding carboxylic acids is 1. The number of H-pyrrole nitrogens is 1. The number of nitrogens with two attached hydrogens (primary N) is 1. The van der Waals surface area contributed by atoms with E-state index in [2.05, 4.69) is 9.97 Å². The van der Waals surface area contributed by atoms with E-state index < -0.39 is 34.8 Å². The zero-order chi connectivity index (χ0) is 21.4. The molecule has 0 bridgehead atoms. The number of carbonyl (C=O) groups is 1. The van der Waals surface area contributed by atoms with Crippen molar-refractivity contribution in [3.8, 4) is 11.1 Å². The molecule has 0 fully saturated rings. The number of methoxy groups -OCH3 is 1. The van der Waals surface area contributed by atoms with Gasteiger partial charge >= 0.3 is 0 Å². The van der Waals surface area contributed by atoms with Gasteiger partial charge in [0.2, 0.25) is 0 Å². The van der Waals surface area contributed by atoms with Crippen LogP contribution < -0.4 is 5.73 Å². The molecule has 4 rings (SSSR count). The minimum atomic E-state index is -1.12. The first-order valence-electron chi connectivity index (χ1n) is 8.94. The molecule has 3 N–H and O–H groups in total. The minimum absolute atomic E-state index is 0.397. The van der Waals surface area contributed by atoms with Crippen molar-refractivity contribution in [2.45, 2.75) is 6.10 Å². The number of rotatable bonds is 5. The number of aromatic amines is 1. The second-order valence-electron chi connectivity index (χ2n) is 6.67. The van der Waals surface area contributed by atoms with Crippen molar-refractivity contribution < 1.29 is 18.3 Å². The fourth-order valence-corrected chi connectivity index (χ4v) is 3.57. The summed E-state index contributed by atoms with van der Waals surface area (Å²) < 4.78 is 35.0. The van der Waals surface area contributed by atoms with Crippen molar-refractivity contribution in [3.63, 3.8) is 0 Å². The Bertz CT molecular complexity index is 1260. The third-order valence-electron chi connectivity index (χ3n) is 4.91. The van der Waals surface area contributed by atoms with Crippen LogP contribution in [0, 0.1) is 11.6 Å². The van der Waals surface area contributed by atoms with Crippen LogP contribution in [-0.4, -0.2) is 23.0 Å². The van der Waals surface area contributed by atoms with Gasteiger partial charge in [-0.05, 0) is 35.9 Å². The molecule has 4 aromatic rings. The standard InChI is InChI=1S/C22H16ClF2N3O2/c1-30-20(18-17(24)7-6-14(19(18)25)21(26)29)16-10-28-22-15(16)8-12(9-27-22)11-2-4-13(23)5-3-11/h2-10,20H,1H3,(H2,26,29)(H,27,28). The van der Waals surface area contributed by atoms with Crippen molar-refractivity contribution in [1.29, 1.82) is 0 Å². The van der Waals surface area contributed by atoms with Gasteiger partial charge in [-0.3, -0.25) is 4.79 Å². The molecule has 1 amide bonds.